The summed E-state index contributed by atoms with van der Waals surface area (Å²) in [5.41, 5.74) is 1.80. The van der Waals surface area contributed by atoms with E-state index in [1.807, 2.05) is 13.1 Å². The lowest BCUT2D eigenvalue weighted by atomic mass is 9.98. The third-order valence-corrected chi connectivity index (χ3v) is 7.15. The highest BCUT2D eigenvalue weighted by Crippen LogP contribution is 2.32. The molecule has 0 bridgehead atoms. The van der Waals surface area contributed by atoms with Crippen LogP contribution in [-0.2, 0) is 21.2 Å². The van der Waals surface area contributed by atoms with Gasteiger partial charge in [-0.2, -0.15) is 4.31 Å². The molecule has 0 spiro atoms. The Labute approximate surface area is 150 Å². The molecule has 1 aromatic rings. The average Bonchev–Trinajstić information content (AvgIpc) is 2.61. The van der Waals surface area contributed by atoms with Gasteiger partial charge in [0.25, 0.3) is 0 Å². The molecular weight excluding hydrogens is 338 g/mol. The quantitative estimate of drug-likeness (QED) is 0.880. The number of fused-ring (bicyclic) bond motifs is 1. The van der Waals surface area contributed by atoms with Crippen molar-refractivity contribution >= 4 is 21.6 Å². The van der Waals surface area contributed by atoms with Gasteiger partial charge in [0.15, 0.2) is 0 Å². The van der Waals surface area contributed by atoms with Crippen LogP contribution in [0.4, 0.5) is 5.69 Å². The van der Waals surface area contributed by atoms with E-state index in [-0.39, 0.29) is 5.91 Å². The van der Waals surface area contributed by atoms with Gasteiger partial charge in [-0.25, -0.2) is 8.42 Å². The van der Waals surface area contributed by atoms with Gasteiger partial charge < -0.3 is 10.2 Å². The van der Waals surface area contributed by atoms with E-state index in [2.05, 4.69) is 5.32 Å². The highest BCUT2D eigenvalue weighted by Gasteiger charge is 2.30. The molecule has 2 aliphatic heterocycles. The maximum absolute atomic E-state index is 13.0. The molecule has 2 heterocycles. The Morgan fingerprint density at radius 3 is 2.60 bits per heavy atom. The fourth-order valence-corrected chi connectivity index (χ4v) is 5.32. The number of aryl methyl sites for hydroxylation is 1. The number of carbonyl (C=O) groups excluding carboxylic acids is 1. The number of nitrogens with one attached hydrogen (secondary N) is 1. The summed E-state index contributed by atoms with van der Waals surface area (Å²) in [6.07, 6.45) is 3.56. The first-order chi connectivity index (χ1) is 11.9. The van der Waals surface area contributed by atoms with Gasteiger partial charge in [0.1, 0.15) is 0 Å². The summed E-state index contributed by atoms with van der Waals surface area (Å²) in [4.78, 5) is 13.9. The van der Waals surface area contributed by atoms with Crippen LogP contribution in [0.5, 0.6) is 0 Å². The number of piperidine rings is 1. The Bertz CT molecular complexity index is 740. The first kappa shape index (κ1) is 18.4. The molecule has 0 radical (unpaired) electrons. The molecular formula is C18H27N3O3S. The van der Waals surface area contributed by atoms with E-state index in [4.69, 9.17) is 0 Å². The standard InChI is InChI=1S/C18H27N3O3S/c1-14(22)21-9-3-4-16-5-6-17(12-18(16)21)25(23,24)20-10-7-15(8-11-20)13-19-2/h5-6,12,15,19H,3-4,7-11,13H2,1-2H3. The molecule has 0 unspecified atom stereocenters. The van der Waals surface area contributed by atoms with E-state index >= 15 is 0 Å². The highest BCUT2D eigenvalue weighted by molar-refractivity contribution is 7.89. The lowest BCUT2D eigenvalue weighted by Gasteiger charge is -2.32. The van der Waals surface area contributed by atoms with Gasteiger partial charge in [0, 0.05) is 32.2 Å². The van der Waals surface area contributed by atoms with Crippen LogP contribution in [-0.4, -0.2) is 51.9 Å². The van der Waals surface area contributed by atoms with Crippen molar-refractivity contribution < 1.29 is 13.2 Å². The minimum atomic E-state index is -3.51. The number of rotatable bonds is 4. The second-order valence-electron chi connectivity index (χ2n) is 6.97. The van der Waals surface area contributed by atoms with Gasteiger partial charge in [-0.3, -0.25) is 4.79 Å². The van der Waals surface area contributed by atoms with Crippen LogP contribution in [0, 0.1) is 5.92 Å². The molecule has 25 heavy (non-hydrogen) atoms. The number of nitrogens with zero attached hydrogens (tertiary/aromatic N) is 2. The maximum Gasteiger partial charge on any atom is 0.243 e. The topological polar surface area (TPSA) is 69.7 Å². The Morgan fingerprint density at radius 2 is 1.96 bits per heavy atom. The minimum absolute atomic E-state index is 0.0385. The van der Waals surface area contributed by atoms with Gasteiger partial charge in [-0.15, -0.1) is 0 Å². The van der Waals surface area contributed by atoms with Crippen molar-refractivity contribution in [1.29, 1.82) is 0 Å². The van der Waals surface area contributed by atoms with Gasteiger partial charge in [0.05, 0.1) is 4.90 Å². The van der Waals surface area contributed by atoms with Gasteiger partial charge >= 0.3 is 0 Å². The van der Waals surface area contributed by atoms with Crippen molar-refractivity contribution in [3.8, 4) is 0 Å². The zero-order valence-electron chi connectivity index (χ0n) is 15.0. The van der Waals surface area contributed by atoms with E-state index in [0.717, 1.165) is 43.5 Å². The maximum atomic E-state index is 13.0. The molecule has 6 nitrogen and oxygen atoms in total. The molecule has 0 aliphatic carbocycles. The lowest BCUT2D eigenvalue weighted by Crippen LogP contribution is -2.40. The highest BCUT2D eigenvalue weighted by atomic mass is 32.2. The van der Waals surface area contributed by atoms with Crippen LogP contribution in [0.2, 0.25) is 0 Å². The van der Waals surface area contributed by atoms with E-state index < -0.39 is 10.0 Å². The summed E-state index contributed by atoms with van der Waals surface area (Å²) in [5, 5.41) is 3.17. The van der Waals surface area contributed by atoms with Crippen LogP contribution in [0.25, 0.3) is 0 Å². The van der Waals surface area contributed by atoms with Crippen molar-refractivity contribution in [3.05, 3.63) is 23.8 Å². The third-order valence-electron chi connectivity index (χ3n) is 5.26. The fraction of sp³-hybridized carbons (Fsp3) is 0.611. The molecule has 0 saturated carbocycles. The normalized spacial score (nSPS) is 19.7. The molecule has 1 amide bonds. The van der Waals surface area contributed by atoms with E-state index in [1.54, 1.807) is 21.3 Å². The second kappa shape index (κ2) is 7.43. The zero-order chi connectivity index (χ0) is 18.0. The van der Waals surface area contributed by atoms with Crippen molar-refractivity contribution in [2.24, 2.45) is 5.92 Å². The summed E-state index contributed by atoms with van der Waals surface area (Å²) in [5.74, 6) is 0.497. The van der Waals surface area contributed by atoms with Crippen LogP contribution in [0.15, 0.2) is 23.1 Å². The number of amides is 1. The Balaban J connectivity index is 1.84. The SMILES string of the molecule is CNCC1CCN(S(=O)(=O)c2ccc3c(c2)N(C(C)=O)CCC3)CC1. The molecule has 138 valence electrons. The summed E-state index contributed by atoms with van der Waals surface area (Å²) >= 11 is 0. The third kappa shape index (κ3) is 3.73. The van der Waals surface area contributed by atoms with E-state index in [9.17, 15) is 13.2 Å². The fourth-order valence-electron chi connectivity index (χ4n) is 3.83. The predicted molar refractivity (Wildman–Crippen MR) is 98.2 cm³/mol. The lowest BCUT2D eigenvalue weighted by molar-refractivity contribution is -0.116. The van der Waals surface area contributed by atoms with Crippen LogP contribution in [0.3, 0.4) is 0 Å². The number of benzene rings is 1. The van der Waals surface area contributed by atoms with Crippen LogP contribution in [0.1, 0.15) is 31.7 Å². The molecule has 3 rings (SSSR count). The number of hydrogen-bond donors (Lipinski definition) is 1. The molecule has 0 atom stereocenters. The predicted octanol–water partition coefficient (Wildman–Crippen LogP) is 1.61. The van der Waals surface area contributed by atoms with Crippen LogP contribution >= 0.6 is 0 Å². The monoisotopic (exact) mass is 365 g/mol. The molecule has 1 saturated heterocycles. The number of anilines is 1. The van der Waals surface area contributed by atoms with Crippen molar-refractivity contribution in [2.75, 3.05) is 38.1 Å². The summed E-state index contributed by atoms with van der Waals surface area (Å²) < 4.78 is 27.6. The molecule has 1 fully saturated rings. The summed E-state index contributed by atoms with van der Waals surface area (Å²) in [6, 6.07) is 5.24. The van der Waals surface area contributed by atoms with Crippen molar-refractivity contribution in [1.82, 2.24) is 9.62 Å². The minimum Gasteiger partial charge on any atom is -0.319 e. The summed E-state index contributed by atoms with van der Waals surface area (Å²) in [6.45, 7) is 4.23. The molecule has 2 aliphatic rings. The molecule has 1 aromatic carbocycles. The average molecular weight is 365 g/mol. The van der Waals surface area contributed by atoms with Gasteiger partial charge in [-0.05, 0) is 62.9 Å². The van der Waals surface area contributed by atoms with Gasteiger partial charge in [0.2, 0.25) is 15.9 Å². The molecule has 7 heteroatoms. The van der Waals surface area contributed by atoms with Gasteiger partial charge in [-0.1, -0.05) is 6.07 Å². The van der Waals surface area contributed by atoms with Crippen LogP contribution < -0.4 is 10.2 Å². The smallest absolute Gasteiger partial charge is 0.243 e. The second-order valence-corrected chi connectivity index (χ2v) is 8.91. The largest absolute Gasteiger partial charge is 0.319 e. The first-order valence-electron chi connectivity index (χ1n) is 8.99. The first-order valence-corrected chi connectivity index (χ1v) is 10.4. The molecule has 1 N–H and O–H groups in total. The van der Waals surface area contributed by atoms with Crippen molar-refractivity contribution in [2.45, 2.75) is 37.5 Å². The molecule has 0 aromatic heterocycles. The number of sulfonamides is 1. The summed E-state index contributed by atoms with van der Waals surface area (Å²) in [7, 11) is -1.58. The zero-order valence-corrected chi connectivity index (χ0v) is 15.8. The van der Waals surface area contributed by atoms with E-state index in [1.165, 1.54) is 6.92 Å². The number of hydrogen-bond acceptors (Lipinski definition) is 4. The Morgan fingerprint density at radius 1 is 1.24 bits per heavy atom. The Kier molecular flexibility index (Phi) is 5.46. The Hall–Kier alpha value is -1.44. The van der Waals surface area contributed by atoms with Crippen molar-refractivity contribution in [3.63, 3.8) is 0 Å². The van der Waals surface area contributed by atoms with E-state index in [0.29, 0.717) is 30.4 Å². The number of carbonyl (C=O) groups is 1.